The van der Waals surface area contributed by atoms with Gasteiger partial charge in [-0.15, -0.1) is 17.8 Å². The highest BCUT2D eigenvalue weighted by molar-refractivity contribution is 7.09. The van der Waals surface area contributed by atoms with Crippen LogP contribution in [0.1, 0.15) is 21.1 Å². The fourth-order valence-electron chi connectivity index (χ4n) is 2.32. The number of benzene rings is 2. The molecule has 0 saturated carbocycles. The van der Waals surface area contributed by atoms with E-state index in [4.69, 9.17) is 15.9 Å². The lowest BCUT2D eigenvalue weighted by atomic mass is 10.2. The number of anilines is 1. The van der Waals surface area contributed by atoms with Gasteiger partial charge >= 0.3 is 0 Å². The van der Waals surface area contributed by atoms with Gasteiger partial charge in [-0.1, -0.05) is 12.0 Å². The third kappa shape index (κ3) is 5.33. The van der Waals surface area contributed by atoms with E-state index >= 15 is 0 Å². The summed E-state index contributed by atoms with van der Waals surface area (Å²) in [5.74, 6) is 3.45. The smallest absolute Gasteiger partial charge is 0.255 e. The van der Waals surface area contributed by atoms with Crippen molar-refractivity contribution in [2.24, 2.45) is 0 Å². The number of nitrogens with one attached hydrogen (secondary N) is 1. The standard InChI is InChI=1S/C21H18N2O3S/c1-3-11-25-19-9-7-17(8-10-19)23-21(24)16-5-4-6-20(12-16)26-13-18-14-27-15(2)22-18/h1,4-10,12,14H,11,13H2,2H3,(H,23,24). The molecule has 0 aliphatic carbocycles. The predicted molar refractivity (Wildman–Crippen MR) is 106 cm³/mol. The summed E-state index contributed by atoms with van der Waals surface area (Å²) in [6, 6.07) is 14.1. The Bertz CT molecular complexity index is 958. The average Bonchev–Trinajstić information content (AvgIpc) is 3.11. The van der Waals surface area contributed by atoms with Gasteiger partial charge in [0.2, 0.25) is 0 Å². The quantitative estimate of drug-likeness (QED) is 0.623. The molecule has 3 aromatic rings. The van der Waals surface area contributed by atoms with Gasteiger partial charge in [0.05, 0.1) is 10.7 Å². The minimum atomic E-state index is -0.220. The van der Waals surface area contributed by atoms with E-state index in [0.717, 1.165) is 10.7 Å². The van der Waals surface area contributed by atoms with Crippen molar-refractivity contribution < 1.29 is 14.3 Å². The maximum absolute atomic E-state index is 12.5. The van der Waals surface area contributed by atoms with Crippen molar-refractivity contribution in [3.8, 4) is 23.8 Å². The van der Waals surface area contributed by atoms with Crippen LogP contribution in [0.2, 0.25) is 0 Å². The highest BCUT2D eigenvalue weighted by Crippen LogP contribution is 2.19. The lowest BCUT2D eigenvalue weighted by molar-refractivity contribution is 0.102. The summed E-state index contributed by atoms with van der Waals surface area (Å²) in [6.07, 6.45) is 5.16. The number of thiazole rings is 1. The Hall–Kier alpha value is -3.30. The molecular weight excluding hydrogens is 360 g/mol. The number of hydrogen-bond acceptors (Lipinski definition) is 5. The molecule has 0 unspecified atom stereocenters. The van der Waals surface area contributed by atoms with E-state index in [2.05, 4.69) is 16.2 Å². The number of carbonyl (C=O) groups excluding carboxylic acids is 1. The first-order valence-corrected chi connectivity index (χ1v) is 9.13. The SMILES string of the molecule is C#CCOc1ccc(NC(=O)c2cccc(OCc3csc(C)n3)c2)cc1. The van der Waals surface area contributed by atoms with Crippen LogP contribution in [-0.4, -0.2) is 17.5 Å². The summed E-state index contributed by atoms with van der Waals surface area (Å²) in [5, 5.41) is 5.80. The Balaban J connectivity index is 1.60. The molecule has 5 nitrogen and oxygen atoms in total. The minimum absolute atomic E-state index is 0.207. The molecule has 0 aliphatic rings. The molecule has 0 fully saturated rings. The van der Waals surface area contributed by atoms with Crippen LogP contribution in [0.25, 0.3) is 0 Å². The number of nitrogens with zero attached hydrogens (tertiary/aromatic N) is 1. The molecule has 1 aromatic heterocycles. The molecule has 0 radical (unpaired) electrons. The van der Waals surface area contributed by atoms with Crippen molar-refractivity contribution in [2.45, 2.75) is 13.5 Å². The minimum Gasteiger partial charge on any atom is -0.487 e. The van der Waals surface area contributed by atoms with Crippen molar-refractivity contribution in [3.63, 3.8) is 0 Å². The van der Waals surface area contributed by atoms with Crippen LogP contribution >= 0.6 is 11.3 Å². The third-order valence-electron chi connectivity index (χ3n) is 3.58. The second-order valence-corrected chi connectivity index (χ2v) is 6.71. The Morgan fingerprint density at radius 1 is 1.19 bits per heavy atom. The largest absolute Gasteiger partial charge is 0.487 e. The summed E-state index contributed by atoms with van der Waals surface area (Å²) < 4.78 is 11.0. The van der Waals surface area contributed by atoms with Gasteiger partial charge in [-0.25, -0.2) is 4.98 Å². The lowest BCUT2D eigenvalue weighted by Gasteiger charge is -2.09. The topological polar surface area (TPSA) is 60.5 Å². The Kier molecular flexibility index (Phi) is 6.08. The molecular formula is C21H18N2O3S. The van der Waals surface area contributed by atoms with E-state index in [9.17, 15) is 4.79 Å². The molecule has 0 aliphatic heterocycles. The van der Waals surface area contributed by atoms with Crippen molar-refractivity contribution in [3.05, 3.63) is 70.2 Å². The molecule has 0 saturated heterocycles. The van der Waals surface area contributed by atoms with Crippen LogP contribution in [0.4, 0.5) is 5.69 Å². The molecule has 2 aromatic carbocycles. The van der Waals surface area contributed by atoms with Crippen molar-refractivity contribution in [2.75, 3.05) is 11.9 Å². The molecule has 3 rings (SSSR count). The van der Waals surface area contributed by atoms with E-state index in [1.807, 2.05) is 18.4 Å². The number of aryl methyl sites for hydroxylation is 1. The number of ether oxygens (including phenoxy) is 2. The van der Waals surface area contributed by atoms with E-state index in [-0.39, 0.29) is 12.5 Å². The van der Waals surface area contributed by atoms with E-state index in [1.54, 1.807) is 53.8 Å². The van der Waals surface area contributed by atoms with Gasteiger partial charge in [0.25, 0.3) is 5.91 Å². The highest BCUT2D eigenvalue weighted by atomic mass is 32.1. The van der Waals surface area contributed by atoms with Gasteiger partial charge in [0.15, 0.2) is 0 Å². The van der Waals surface area contributed by atoms with Crippen molar-refractivity contribution >= 4 is 22.9 Å². The summed E-state index contributed by atoms with van der Waals surface area (Å²) in [6.45, 7) is 2.53. The van der Waals surface area contributed by atoms with Crippen LogP contribution in [0.3, 0.4) is 0 Å². The van der Waals surface area contributed by atoms with Gasteiger partial charge in [0.1, 0.15) is 24.7 Å². The Morgan fingerprint density at radius 3 is 2.70 bits per heavy atom. The molecule has 6 heteroatoms. The Morgan fingerprint density at radius 2 is 2.00 bits per heavy atom. The fourth-order valence-corrected chi connectivity index (χ4v) is 2.92. The van der Waals surface area contributed by atoms with E-state index in [1.165, 1.54) is 0 Å². The zero-order chi connectivity index (χ0) is 19.1. The van der Waals surface area contributed by atoms with Gasteiger partial charge < -0.3 is 14.8 Å². The van der Waals surface area contributed by atoms with Crippen LogP contribution in [-0.2, 0) is 6.61 Å². The first-order valence-electron chi connectivity index (χ1n) is 8.25. The monoisotopic (exact) mass is 378 g/mol. The highest BCUT2D eigenvalue weighted by Gasteiger charge is 2.08. The molecule has 136 valence electrons. The zero-order valence-electron chi connectivity index (χ0n) is 14.8. The first-order chi connectivity index (χ1) is 13.1. The number of hydrogen-bond donors (Lipinski definition) is 1. The maximum Gasteiger partial charge on any atom is 0.255 e. The van der Waals surface area contributed by atoms with E-state index in [0.29, 0.717) is 29.4 Å². The summed E-state index contributed by atoms with van der Waals surface area (Å²) in [7, 11) is 0. The molecule has 0 atom stereocenters. The van der Waals surface area contributed by atoms with Crippen LogP contribution in [0.5, 0.6) is 11.5 Å². The first kappa shape index (κ1) is 18.5. The summed E-state index contributed by atoms with van der Waals surface area (Å²) >= 11 is 1.58. The Labute approximate surface area is 162 Å². The van der Waals surface area contributed by atoms with Crippen LogP contribution < -0.4 is 14.8 Å². The predicted octanol–water partition coefficient (Wildman–Crippen LogP) is 4.29. The van der Waals surface area contributed by atoms with Crippen molar-refractivity contribution in [1.82, 2.24) is 4.98 Å². The maximum atomic E-state index is 12.5. The van der Waals surface area contributed by atoms with Gasteiger partial charge in [-0.3, -0.25) is 4.79 Å². The summed E-state index contributed by atoms with van der Waals surface area (Å²) in [5.41, 5.74) is 2.05. The van der Waals surface area contributed by atoms with Gasteiger partial charge in [-0.2, -0.15) is 0 Å². The molecule has 1 N–H and O–H groups in total. The third-order valence-corrected chi connectivity index (χ3v) is 4.41. The van der Waals surface area contributed by atoms with Gasteiger partial charge in [-0.05, 0) is 49.4 Å². The van der Waals surface area contributed by atoms with Crippen molar-refractivity contribution in [1.29, 1.82) is 0 Å². The van der Waals surface area contributed by atoms with Crippen LogP contribution in [0, 0.1) is 19.3 Å². The van der Waals surface area contributed by atoms with E-state index < -0.39 is 0 Å². The second-order valence-electron chi connectivity index (χ2n) is 5.65. The zero-order valence-corrected chi connectivity index (χ0v) is 15.6. The molecule has 1 amide bonds. The second kappa shape index (κ2) is 8.88. The molecule has 0 bridgehead atoms. The number of rotatable bonds is 7. The average molecular weight is 378 g/mol. The molecule has 0 spiro atoms. The van der Waals surface area contributed by atoms with Crippen LogP contribution in [0.15, 0.2) is 53.9 Å². The molecule has 1 heterocycles. The lowest BCUT2D eigenvalue weighted by Crippen LogP contribution is -2.12. The number of amides is 1. The number of aromatic nitrogens is 1. The van der Waals surface area contributed by atoms with Gasteiger partial charge in [0, 0.05) is 16.6 Å². The normalized spacial score (nSPS) is 10.1. The fraction of sp³-hybridized carbons (Fsp3) is 0.143. The summed E-state index contributed by atoms with van der Waals surface area (Å²) in [4.78, 5) is 16.8. The number of terminal acetylenes is 1. The molecule has 27 heavy (non-hydrogen) atoms. The number of carbonyl (C=O) groups is 1.